The Morgan fingerprint density at radius 2 is 1.78 bits per heavy atom. The number of fused-ring (bicyclic) bond motifs is 1. The average Bonchev–Trinajstić information content (AvgIpc) is 2.55. The van der Waals surface area contributed by atoms with Gasteiger partial charge >= 0.3 is 5.97 Å². The van der Waals surface area contributed by atoms with E-state index >= 15 is 0 Å². The van der Waals surface area contributed by atoms with Crippen LogP contribution in [0, 0.1) is 6.92 Å². The number of hydrogen-bond acceptors (Lipinski definition) is 4. The molecule has 2 aromatic carbocycles. The van der Waals surface area contributed by atoms with Gasteiger partial charge in [-0.1, -0.05) is 42.0 Å². The van der Waals surface area contributed by atoms with Gasteiger partial charge in [0.05, 0.1) is 12.0 Å². The van der Waals surface area contributed by atoms with E-state index in [-0.39, 0.29) is 23.4 Å². The van der Waals surface area contributed by atoms with Gasteiger partial charge < -0.3 is 9.15 Å². The zero-order valence-electron chi connectivity index (χ0n) is 13.0. The first-order valence-corrected chi connectivity index (χ1v) is 7.42. The number of hydrogen-bond donors (Lipinski definition) is 0. The number of ether oxygens (including phenoxy) is 1. The van der Waals surface area contributed by atoms with Gasteiger partial charge in [0.25, 0.3) is 0 Å². The smallest absolute Gasteiger partial charge is 0.346 e. The molecule has 0 unspecified atom stereocenters. The minimum absolute atomic E-state index is 0.0607. The van der Waals surface area contributed by atoms with Crippen LogP contribution >= 0.6 is 0 Å². The fraction of sp³-hybridized carbons (Fsp3) is 0.158. The molecule has 1 aromatic heterocycles. The van der Waals surface area contributed by atoms with E-state index in [4.69, 9.17) is 9.15 Å². The van der Waals surface area contributed by atoms with Crippen molar-refractivity contribution in [2.75, 3.05) is 6.61 Å². The Morgan fingerprint density at radius 3 is 2.48 bits per heavy atom. The second-order valence-electron chi connectivity index (χ2n) is 5.22. The van der Waals surface area contributed by atoms with Crippen molar-refractivity contribution in [1.29, 1.82) is 0 Å². The molecular weight excluding hydrogens is 292 g/mol. The predicted octanol–water partition coefficient (Wildman–Crippen LogP) is 3.95. The molecule has 0 bridgehead atoms. The summed E-state index contributed by atoms with van der Waals surface area (Å²) >= 11 is 0. The first kappa shape index (κ1) is 15.0. The summed E-state index contributed by atoms with van der Waals surface area (Å²) in [5.41, 5.74) is 1.76. The monoisotopic (exact) mass is 308 g/mol. The highest BCUT2D eigenvalue weighted by Crippen LogP contribution is 2.26. The first-order chi connectivity index (χ1) is 11.1. The van der Waals surface area contributed by atoms with E-state index in [1.165, 1.54) is 0 Å². The summed E-state index contributed by atoms with van der Waals surface area (Å²) in [7, 11) is 0. The lowest BCUT2D eigenvalue weighted by atomic mass is 10.0. The van der Waals surface area contributed by atoms with Crippen LogP contribution in [-0.2, 0) is 4.74 Å². The number of esters is 1. The van der Waals surface area contributed by atoms with Crippen LogP contribution in [0.15, 0.2) is 57.7 Å². The van der Waals surface area contributed by atoms with E-state index in [2.05, 4.69) is 0 Å². The summed E-state index contributed by atoms with van der Waals surface area (Å²) in [5.74, 6) is -0.422. The number of benzene rings is 2. The lowest BCUT2D eigenvalue weighted by Crippen LogP contribution is -2.19. The zero-order chi connectivity index (χ0) is 16.4. The van der Waals surface area contributed by atoms with Gasteiger partial charge in [0.2, 0.25) is 5.43 Å². The van der Waals surface area contributed by atoms with Crippen LogP contribution < -0.4 is 5.43 Å². The van der Waals surface area contributed by atoms with Crippen molar-refractivity contribution in [3.8, 4) is 11.3 Å². The van der Waals surface area contributed by atoms with Gasteiger partial charge in [-0.25, -0.2) is 4.79 Å². The largest absolute Gasteiger partial charge is 0.462 e. The van der Waals surface area contributed by atoms with E-state index in [1.807, 2.05) is 31.2 Å². The molecule has 0 aliphatic rings. The standard InChI is InChI=1S/C19H16O4/c1-3-22-19(21)16-17(20)14-6-4-5-7-15(14)23-18(16)13-10-8-12(2)9-11-13/h4-11H,3H2,1-2H3. The van der Waals surface area contributed by atoms with Gasteiger partial charge in [-0.05, 0) is 26.0 Å². The summed E-state index contributed by atoms with van der Waals surface area (Å²) in [4.78, 5) is 25.0. The Bertz CT molecular complexity index is 920. The number of rotatable bonds is 3. The molecule has 23 heavy (non-hydrogen) atoms. The van der Waals surface area contributed by atoms with Gasteiger partial charge in [0, 0.05) is 5.56 Å². The van der Waals surface area contributed by atoms with Gasteiger partial charge in [-0.15, -0.1) is 0 Å². The normalized spacial score (nSPS) is 10.7. The maximum atomic E-state index is 12.7. The average molecular weight is 308 g/mol. The van der Waals surface area contributed by atoms with Crippen LogP contribution in [0.4, 0.5) is 0 Å². The van der Waals surface area contributed by atoms with Gasteiger partial charge in [0.1, 0.15) is 5.58 Å². The Morgan fingerprint density at radius 1 is 1.09 bits per heavy atom. The van der Waals surface area contributed by atoms with E-state index in [9.17, 15) is 9.59 Å². The molecule has 0 atom stereocenters. The molecule has 0 N–H and O–H groups in total. The molecular formula is C19H16O4. The second kappa shape index (κ2) is 6.08. The molecule has 4 heteroatoms. The molecule has 116 valence electrons. The van der Waals surface area contributed by atoms with Crippen molar-refractivity contribution in [2.24, 2.45) is 0 Å². The Labute approximate surface area is 133 Å². The number of para-hydroxylation sites is 1. The van der Waals surface area contributed by atoms with Crippen LogP contribution in [0.5, 0.6) is 0 Å². The third kappa shape index (κ3) is 2.75. The van der Waals surface area contributed by atoms with E-state index in [0.717, 1.165) is 5.56 Å². The highest BCUT2D eigenvalue weighted by atomic mass is 16.5. The third-order valence-corrected chi connectivity index (χ3v) is 3.59. The van der Waals surface area contributed by atoms with Crippen LogP contribution in [0.1, 0.15) is 22.8 Å². The fourth-order valence-electron chi connectivity index (χ4n) is 2.44. The fourth-order valence-corrected chi connectivity index (χ4v) is 2.44. The zero-order valence-corrected chi connectivity index (χ0v) is 13.0. The maximum absolute atomic E-state index is 12.7. The second-order valence-corrected chi connectivity index (χ2v) is 5.22. The highest BCUT2D eigenvalue weighted by Gasteiger charge is 2.23. The van der Waals surface area contributed by atoms with E-state index < -0.39 is 5.97 Å². The van der Waals surface area contributed by atoms with Crippen molar-refractivity contribution < 1.29 is 13.9 Å². The molecule has 1 heterocycles. The number of carbonyl (C=O) groups excluding carboxylic acids is 1. The summed E-state index contributed by atoms with van der Waals surface area (Å²) in [6.07, 6.45) is 0. The van der Waals surface area contributed by atoms with Crippen LogP contribution in [0.25, 0.3) is 22.3 Å². The molecule has 0 saturated heterocycles. The van der Waals surface area contributed by atoms with Gasteiger partial charge in [-0.3, -0.25) is 4.79 Å². The molecule has 4 nitrogen and oxygen atoms in total. The van der Waals surface area contributed by atoms with Crippen LogP contribution in [0.2, 0.25) is 0 Å². The van der Waals surface area contributed by atoms with E-state index in [0.29, 0.717) is 16.5 Å². The molecule has 0 aliphatic heterocycles. The Balaban J connectivity index is 2.34. The van der Waals surface area contributed by atoms with Crippen molar-refractivity contribution in [2.45, 2.75) is 13.8 Å². The first-order valence-electron chi connectivity index (χ1n) is 7.42. The van der Waals surface area contributed by atoms with Crippen molar-refractivity contribution in [3.05, 3.63) is 69.9 Å². The molecule has 3 rings (SSSR count). The maximum Gasteiger partial charge on any atom is 0.346 e. The lowest BCUT2D eigenvalue weighted by Gasteiger charge is -2.09. The number of aryl methyl sites for hydroxylation is 1. The minimum Gasteiger partial charge on any atom is -0.462 e. The third-order valence-electron chi connectivity index (χ3n) is 3.59. The molecule has 0 radical (unpaired) electrons. The Hall–Kier alpha value is -2.88. The lowest BCUT2D eigenvalue weighted by molar-refractivity contribution is 0.0524. The summed E-state index contributed by atoms with van der Waals surface area (Å²) in [5, 5.41) is 0.367. The summed E-state index contributed by atoms with van der Waals surface area (Å²) in [6, 6.07) is 14.3. The van der Waals surface area contributed by atoms with Crippen LogP contribution in [-0.4, -0.2) is 12.6 Å². The number of carbonyl (C=O) groups is 1. The van der Waals surface area contributed by atoms with Crippen molar-refractivity contribution in [1.82, 2.24) is 0 Å². The van der Waals surface area contributed by atoms with Crippen molar-refractivity contribution >= 4 is 16.9 Å². The van der Waals surface area contributed by atoms with Gasteiger partial charge in [0.15, 0.2) is 11.3 Å². The highest BCUT2D eigenvalue weighted by molar-refractivity contribution is 5.99. The quantitative estimate of drug-likeness (QED) is 0.688. The molecule has 0 amide bonds. The van der Waals surface area contributed by atoms with Gasteiger partial charge in [-0.2, -0.15) is 0 Å². The summed E-state index contributed by atoms with van der Waals surface area (Å²) in [6.45, 7) is 3.86. The molecule has 0 saturated carbocycles. The topological polar surface area (TPSA) is 56.5 Å². The SMILES string of the molecule is CCOC(=O)c1c(-c2ccc(C)cc2)oc2ccccc2c1=O. The summed E-state index contributed by atoms with van der Waals surface area (Å²) < 4.78 is 10.9. The molecule has 3 aromatic rings. The predicted molar refractivity (Wildman–Crippen MR) is 88.6 cm³/mol. The van der Waals surface area contributed by atoms with E-state index in [1.54, 1.807) is 31.2 Å². The molecule has 0 spiro atoms. The minimum atomic E-state index is -0.664. The molecule has 0 aliphatic carbocycles. The van der Waals surface area contributed by atoms with Crippen molar-refractivity contribution in [3.63, 3.8) is 0 Å². The van der Waals surface area contributed by atoms with Crippen LogP contribution in [0.3, 0.4) is 0 Å². The molecule has 0 fully saturated rings. The Kier molecular flexibility index (Phi) is 3.98.